The number of aromatic nitrogens is 2. The zero-order valence-electron chi connectivity index (χ0n) is 11.7. The quantitative estimate of drug-likeness (QED) is 0.767. The highest BCUT2D eigenvalue weighted by atomic mass is 35.5. The van der Waals surface area contributed by atoms with Crippen LogP contribution < -0.4 is 10.9 Å². The number of hydrogen-bond acceptors (Lipinski definition) is 4. The summed E-state index contributed by atoms with van der Waals surface area (Å²) in [5.74, 6) is 0. The standard InChI is InChI=1S/C15H18ClN3O2/c1-2-6-11(14(20)10-7-4-3-5-8-10)18-12-9-17-19-15(21)13(12)16/h3-5,7-9,11,14,20H,2,6H2,1H3,(H2,18,19,21)/t11-,14-/m1/s1. The van der Waals surface area contributed by atoms with Crippen LogP contribution in [0.3, 0.4) is 0 Å². The Balaban J connectivity index is 2.23. The predicted molar refractivity (Wildman–Crippen MR) is 83.6 cm³/mol. The van der Waals surface area contributed by atoms with Gasteiger partial charge in [-0.2, -0.15) is 5.10 Å². The average Bonchev–Trinajstić information content (AvgIpc) is 2.51. The van der Waals surface area contributed by atoms with E-state index < -0.39 is 11.7 Å². The fraction of sp³-hybridized carbons (Fsp3) is 0.333. The number of H-pyrrole nitrogens is 1. The number of aliphatic hydroxyl groups excluding tert-OH is 1. The minimum absolute atomic E-state index is 0.0476. The number of halogens is 1. The van der Waals surface area contributed by atoms with Crippen molar-refractivity contribution in [2.45, 2.75) is 31.9 Å². The van der Waals surface area contributed by atoms with Crippen molar-refractivity contribution in [3.63, 3.8) is 0 Å². The van der Waals surface area contributed by atoms with Gasteiger partial charge in [-0.3, -0.25) is 4.79 Å². The molecule has 0 unspecified atom stereocenters. The molecule has 2 aromatic rings. The van der Waals surface area contributed by atoms with Gasteiger partial charge in [0.2, 0.25) is 0 Å². The van der Waals surface area contributed by atoms with Crippen molar-refractivity contribution >= 4 is 17.3 Å². The molecule has 0 aliphatic heterocycles. The maximum Gasteiger partial charge on any atom is 0.285 e. The van der Waals surface area contributed by atoms with E-state index in [1.54, 1.807) is 0 Å². The first-order chi connectivity index (χ1) is 10.1. The van der Waals surface area contributed by atoms with Crippen LogP contribution in [-0.2, 0) is 0 Å². The van der Waals surface area contributed by atoms with Crippen LogP contribution in [0.15, 0.2) is 41.3 Å². The molecular weight excluding hydrogens is 290 g/mol. The van der Waals surface area contributed by atoms with Gasteiger partial charge in [-0.1, -0.05) is 55.3 Å². The Morgan fingerprint density at radius 2 is 2.10 bits per heavy atom. The lowest BCUT2D eigenvalue weighted by Gasteiger charge is -2.25. The normalized spacial score (nSPS) is 13.7. The zero-order chi connectivity index (χ0) is 15.2. The lowest BCUT2D eigenvalue weighted by atomic mass is 9.98. The van der Waals surface area contributed by atoms with Gasteiger partial charge in [0, 0.05) is 0 Å². The number of aromatic amines is 1. The molecule has 0 saturated heterocycles. The molecule has 0 radical (unpaired) electrons. The fourth-order valence-corrected chi connectivity index (χ4v) is 2.33. The second-order valence-corrected chi connectivity index (χ2v) is 5.20. The number of nitrogens with zero attached hydrogens (tertiary/aromatic N) is 1. The van der Waals surface area contributed by atoms with E-state index in [2.05, 4.69) is 15.5 Å². The van der Waals surface area contributed by atoms with Gasteiger partial charge < -0.3 is 10.4 Å². The van der Waals surface area contributed by atoms with Crippen molar-refractivity contribution in [3.05, 3.63) is 57.5 Å². The fourth-order valence-electron chi connectivity index (χ4n) is 2.19. The summed E-state index contributed by atoms with van der Waals surface area (Å²) < 4.78 is 0. The summed E-state index contributed by atoms with van der Waals surface area (Å²) in [5, 5.41) is 19.7. The maximum absolute atomic E-state index is 11.5. The van der Waals surface area contributed by atoms with Crippen LogP contribution in [0.5, 0.6) is 0 Å². The molecule has 0 aliphatic carbocycles. The molecule has 0 aliphatic rings. The summed E-state index contributed by atoms with van der Waals surface area (Å²) >= 11 is 5.96. The SMILES string of the molecule is CCC[C@@H](Nc1cn[nH]c(=O)c1Cl)[C@H](O)c1ccccc1. The lowest BCUT2D eigenvalue weighted by Crippen LogP contribution is -2.28. The molecule has 1 aromatic carbocycles. The summed E-state index contributed by atoms with van der Waals surface area (Å²) in [5.41, 5.74) is 0.789. The molecular formula is C15H18ClN3O2. The molecule has 6 heteroatoms. The smallest absolute Gasteiger partial charge is 0.285 e. The van der Waals surface area contributed by atoms with Gasteiger partial charge in [0.05, 0.1) is 24.0 Å². The minimum atomic E-state index is -0.693. The predicted octanol–water partition coefficient (Wildman–Crippen LogP) is 2.74. The van der Waals surface area contributed by atoms with E-state index in [4.69, 9.17) is 11.6 Å². The van der Waals surface area contributed by atoms with Crippen LogP contribution >= 0.6 is 11.6 Å². The van der Waals surface area contributed by atoms with Crippen LogP contribution in [0.4, 0.5) is 5.69 Å². The molecule has 112 valence electrons. The van der Waals surface area contributed by atoms with Crippen LogP contribution in [0.1, 0.15) is 31.4 Å². The van der Waals surface area contributed by atoms with Gasteiger partial charge >= 0.3 is 0 Å². The van der Waals surface area contributed by atoms with Crippen molar-refractivity contribution in [1.82, 2.24) is 10.2 Å². The molecule has 0 bridgehead atoms. The Bertz CT molecular complexity index is 630. The molecule has 21 heavy (non-hydrogen) atoms. The minimum Gasteiger partial charge on any atom is -0.386 e. The molecule has 1 heterocycles. The third-order valence-corrected chi connectivity index (χ3v) is 3.63. The monoisotopic (exact) mass is 307 g/mol. The third kappa shape index (κ3) is 3.83. The van der Waals surface area contributed by atoms with Crippen molar-refractivity contribution in [2.75, 3.05) is 5.32 Å². The van der Waals surface area contributed by atoms with E-state index in [9.17, 15) is 9.90 Å². The maximum atomic E-state index is 11.5. The average molecular weight is 308 g/mol. The van der Waals surface area contributed by atoms with Crippen LogP contribution in [-0.4, -0.2) is 21.3 Å². The topological polar surface area (TPSA) is 78.0 Å². The number of anilines is 1. The Kier molecular flexibility index (Phi) is 5.36. The van der Waals surface area contributed by atoms with E-state index in [0.29, 0.717) is 5.69 Å². The second kappa shape index (κ2) is 7.24. The van der Waals surface area contributed by atoms with E-state index in [1.165, 1.54) is 6.20 Å². The van der Waals surface area contributed by atoms with E-state index >= 15 is 0 Å². The Hall–Kier alpha value is -1.85. The third-order valence-electron chi connectivity index (χ3n) is 3.26. The summed E-state index contributed by atoms with van der Waals surface area (Å²) in [6.07, 6.45) is 2.38. The van der Waals surface area contributed by atoms with E-state index in [0.717, 1.165) is 18.4 Å². The Morgan fingerprint density at radius 1 is 1.38 bits per heavy atom. The number of hydrogen-bond donors (Lipinski definition) is 3. The number of aliphatic hydroxyl groups is 1. The molecule has 5 nitrogen and oxygen atoms in total. The van der Waals surface area contributed by atoms with Gasteiger partial charge in [-0.15, -0.1) is 0 Å². The first-order valence-corrected chi connectivity index (χ1v) is 7.24. The van der Waals surface area contributed by atoms with Gasteiger partial charge in [-0.05, 0) is 12.0 Å². The molecule has 0 fully saturated rings. The van der Waals surface area contributed by atoms with Gasteiger partial charge in [-0.25, -0.2) is 5.10 Å². The molecule has 2 rings (SSSR count). The molecule has 2 atom stereocenters. The van der Waals surface area contributed by atoms with Crippen molar-refractivity contribution < 1.29 is 5.11 Å². The van der Waals surface area contributed by atoms with E-state index in [1.807, 2.05) is 37.3 Å². The first kappa shape index (κ1) is 15.5. The van der Waals surface area contributed by atoms with E-state index in [-0.39, 0.29) is 11.1 Å². The zero-order valence-corrected chi connectivity index (χ0v) is 12.5. The molecule has 1 aromatic heterocycles. The lowest BCUT2D eigenvalue weighted by molar-refractivity contribution is 0.150. The van der Waals surface area contributed by atoms with Crippen molar-refractivity contribution in [3.8, 4) is 0 Å². The van der Waals surface area contributed by atoms with Crippen LogP contribution in [0, 0.1) is 0 Å². The summed E-state index contributed by atoms with van der Waals surface area (Å²) in [6, 6.07) is 9.14. The van der Waals surface area contributed by atoms with Crippen molar-refractivity contribution in [1.29, 1.82) is 0 Å². The molecule has 0 spiro atoms. The van der Waals surface area contributed by atoms with Crippen LogP contribution in [0.2, 0.25) is 5.02 Å². The second-order valence-electron chi connectivity index (χ2n) is 4.82. The number of rotatable bonds is 6. The number of benzene rings is 1. The summed E-state index contributed by atoms with van der Waals surface area (Å²) in [4.78, 5) is 11.5. The van der Waals surface area contributed by atoms with Gasteiger partial charge in [0.1, 0.15) is 5.02 Å². The summed E-state index contributed by atoms with van der Waals surface area (Å²) in [7, 11) is 0. The Morgan fingerprint density at radius 3 is 2.76 bits per heavy atom. The Labute approximate surface area is 128 Å². The number of nitrogens with one attached hydrogen (secondary N) is 2. The van der Waals surface area contributed by atoms with Crippen molar-refractivity contribution in [2.24, 2.45) is 0 Å². The molecule has 0 amide bonds. The van der Waals surface area contributed by atoms with Gasteiger partial charge in [0.25, 0.3) is 5.56 Å². The molecule has 3 N–H and O–H groups in total. The molecule has 0 saturated carbocycles. The highest BCUT2D eigenvalue weighted by Crippen LogP contribution is 2.25. The highest BCUT2D eigenvalue weighted by Gasteiger charge is 2.21. The summed E-state index contributed by atoms with van der Waals surface area (Å²) in [6.45, 7) is 2.03. The van der Waals surface area contributed by atoms with Crippen LogP contribution in [0.25, 0.3) is 0 Å². The first-order valence-electron chi connectivity index (χ1n) is 6.86. The largest absolute Gasteiger partial charge is 0.386 e. The highest BCUT2D eigenvalue weighted by molar-refractivity contribution is 6.32. The van der Waals surface area contributed by atoms with Gasteiger partial charge in [0.15, 0.2) is 0 Å².